The number of amides is 1. The Bertz CT molecular complexity index is 1330. The van der Waals surface area contributed by atoms with E-state index in [0.717, 1.165) is 11.5 Å². The Balaban J connectivity index is 1.56. The zero-order valence-electron chi connectivity index (χ0n) is 19.4. The van der Waals surface area contributed by atoms with Crippen LogP contribution in [0, 0.1) is 5.92 Å². The van der Waals surface area contributed by atoms with E-state index in [1.807, 2.05) is 23.6 Å². The number of Topliss-reactive ketones (excluding diaryl/α,β-unsaturated/α-hetero) is 1. The van der Waals surface area contributed by atoms with Crippen LogP contribution in [0.1, 0.15) is 25.0 Å². The standard InChI is InChI=1S/C21H22N8O5S2/c1-4-5-14-27(6-7-28(14)23-2)9-11-10-35-19-12(18(31)29(19)16(11)20(32)33)8-13(30)15(25-34-3)17-24-21(22)36-26-17/h4-7,12,19H,2,8-10H2,1,3H3,(H2-,22,24,26,32,33)/p+1. The third-order valence-corrected chi connectivity index (χ3v) is 7.55. The smallest absolute Gasteiger partial charge is 0.352 e. The molecule has 2 atom stereocenters. The molecule has 2 unspecified atom stereocenters. The Labute approximate surface area is 213 Å². The zero-order chi connectivity index (χ0) is 26.0. The topological polar surface area (TPSA) is 169 Å². The summed E-state index contributed by atoms with van der Waals surface area (Å²) in [5.74, 6) is -1.75. The van der Waals surface area contributed by atoms with Crippen molar-refractivity contribution in [1.29, 1.82) is 0 Å². The van der Waals surface area contributed by atoms with Crippen molar-refractivity contribution < 1.29 is 28.9 Å². The van der Waals surface area contributed by atoms with Crippen molar-refractivity contribution in [3.63, 3.8) is 0 Å². The molecule has 15 heteroatoms. The molecule has 0 spiro atoms. The van der Waals surface area contributed by atoms with Crippen LogP contribution >= 0.6 is 23.3 Å². The first-order valence-corrected chi connectivity index (χ1v) is 12.5. The number of allylic oxidation sites excluding steroid dienone is 1. The summed E-state index contributed by atoms with van der Waals surface area (Å²) in [7, 11) is 1.28. The number of imidazole rings is 1. The van der Waals surface area contributed by atoms with Gasteiger partial charge in [0.05, 0.1) is 11.3 Å². The number of fused-ring (bicyclic) bond motifs is 1. The van der Waals surface area contributed by atoms with Gasteiger partial charge in [-0.25, -0.2) is 9.36 Å². The van der Waals surface area contributed by atoms with E-state index in [1.165, 1.54) is 23.8 Å². The minimum absolute atomic E-state index is 0.0209. The van der Waals surface area contributed by atoms with Gasteiger partial charge in [0, 0.05) is 42.1 Å². The molecule has 0 radical (unpaired) electrons. The van der Waals surface area contributed by atoms with Crippen LogP contribution in [0.3, 0.4) is 0 Å². The van der Waals surface area contributed by atoms with Crippen LogP contribution in [0.25, 0.3) is 6.08 Å². The van der Waals surface area contributed by atoms with Crippen LogP contribution in [0.15, 0.2) is 40.0 Å². The monoisotopic (exact) mass is 531 g/mol. The number of nitrogens with two attached hydrogens (primary N) is 1. The zero-order valence-corrected chi connectivity index (χ0v) is 21.0. The van der Waals surface area contributed by atoms with Gasteiger partial charge in [-0.2, -0.15) is 9.36 Å². The van der Waals surface area contributed by atoms with Crippen LogP contribution in [-0.2, 0) is 25.8 Å². The van der Waals surface area contributed by atoms with E-state index < -0.39 is 29.0 Å². The number of aromatic nitrogens is 4. The Morgan fingerprint density at radius 1 is 1.47 bits per heavy atom. The average Bonchev–Trinajstić information content (AvgIpc) is 3.46. The van der Waals surface area contributed by atoms with Crippen LogP contribution in [-0.4, -0.2) is 72.4 Å². The molecule has 0 saturated carbocycles. The van der Waals surface area contributed by atoms with Gasteiger partial charge in [0.2, 0.25) is 11.7 Å². The van der Waals surface area contributed by atoms with E-state index in [1.54, 1.807) is 17.1 Å². The number of nitrogen functional groups attached to an aromatic ring is 1. The van der Waals surface area contributed by atoms with E-state index >= 15 is 0 Å². The number of hydrogen-bond donors (Lipinski definition) is 2. The fourth-order valence-corrected chi connectivity index (χ4v) is 5.92. The van der Waals surface area contributed by atoms with Gasteiger partial charge in [0.1, 0.15) is 25.5 Å². The number of hydrogen-bond acceptors (Lipinski definition) is 11. The highest BCUT2D eigenvalue weighted by Crippen LogP contribution is 2.45. The van der Waals surface area contributed by atoms with Crippen molar-refractivity contribution in [3.8, 4) is 0 Å². The molecule has 0 aliphatic carbocycles. The van der Waals surface area contributed by atoms with Crippen molar-refractivity contribution in [2.75, 3.05) is 18.6 Å². The number of aliphatic carboxylic acids is 1. The van der Waals surface area contributed by atoms with E-state index in [0.29, 0.717) is 17.2 Å². The number of oxime groups is 1. The lowest BCUT2D eigenvalue weighted by Gasteiger charge is -2.49. The molecule has 2 aromatic heterocycles. The molecule has 36 heavy (non-hydrogen) atoms. The number of thioether (sulfide) groups is 1. The third-order valence-electron chi connectivity index (χ3n) is 5.61. The number of rotatable bonds is 10. The van der Waals surface area contributed by atoms with Gasteiger partial charge < -0.3 is 15.7 Å². The molecule has 13 nitrogen and oxygen atoms in total. The molecule has 1 saturated heterocycles. The molecule has 4 heterocycles. The predicted molar refractivity (Wildman–Crippen MR) is 133 cm³/mol. The first kappa shape index (κ1) is 25.2. The Morgan fingerprint density at radius 3 is 2.86 bits per heavy atom. The first-order chi connectivity index (χ1) is 17.3. The molecule has 1 fully saturated rings. The molecule has 2 aromatic rings. The van der Waals surface area contributed by atoms with Crippen LogP contribution in [0.2, 0.25) is 0 Å². The molecule has 2 aliphatic heterocycles. The number of carbonyl (C=O) groups is 3. The van der Waals surface area contributed by atoms with Crippen LogP contribution in [0.4, 0.5) is 5.13 Å². The number of nitrogens with zero attached hydrogens (tertiary/aromatic N) is 7. The molecule has 0 aromatic carbocycles. The normalized spacial score (nSPS) is 19.9. The maximum atomic E-state index is 13.1. The fourth-order valence-electron chi connectivity index (χ4n) is 4.08. The van der Waals surface area contributed by atoms with Crippen molar-refractivity contribution in [1.82, 2.24) is 18.9 Å². The second-order valence-electron chi connectivity index (χ2n) is 7.75. The summed E-state index contributed by atoms with van der Waals surface area (Å²) in [5, 5.41) is 17.3. The predicted octanol–water partition coefficient (Wildman–Crippen LogP) is 0.586. The maximum Gasteiger partial charge on any atom is 0.352 e. The van der Waals surface area contributed by atoms with Gasteiger partial charge >= 0.3 is 11.8 Å². The van der Waals surface area contributed by atoms with Gasteiger partial charge in [-0.15, -0.1) is 16.4 Å². The Kier molecular flexibility index (Phi) is 7.30. The number of carbonyl (C=O) groups excluding carboxylic acids is 2. The molecule has 4 rings (SSSR count). The van der Waals surface area contributed by atoms with Crippen LogP contribution in [0.5, 0.6) is 0 Å². The van der Waals surface area contributed by atoms with E-state index in [9.17, 15) is 19.5 Å². The lowest BCUT2D eigenvalue weighted by molar-refractivity contribution is -0.690. The first-order valence-electron chi connectivity index (χ1n) is 10.6. The van der Waals surface area contributed by atoms with Gasteiger partial charge in [0.15, 0.2) is 22.8 Å². The van der Waals surface area contributed by atoms with E-state index in [4.69, 9.17) is 10.6 Å². The molecular weight excluding hydrogens is 508 g/mol. The quantitative estimate of drug-likeness (QED) is 0.193. The number of anilines is 1. The molecule has 0 bridgehead atoms. The number of ketones is 1. The second-order valence-corrected chi connectivity index (χ2v) is 9.64. The van der Waals surface area contributed by atoms with Crippen molar-refractivity contribution in [2.24, 2.45) is 16.2 Å². The van der Waals surface area contributed by atoms with Crippen molar-refractivity contribution >= 4 is 64.6 Å². The summed E-state index contributed by atoms with van der Waals surface area (Å²) in [6.45, 7) is 5.65. The highest BCUT2D eigenvalue weighted by Gasteiger charge is 2.54. The number of carboxylic acids is 1. The summed E-state index contributed by atoms with van der Waals surface area (Å²) in [6, 6.07) is 0. The molecule has 3 N–H and O–H groups in total. The minimum atomic E-state index is -1.20. The lowest BCUT2D eigenvalue weighted by atomic mass is 9.89. The highest BCUT2D eigenvalue weighted by atomic mass is 32.2. The Morgan fingerprint density at radius 2 is 2.25 bits per heavy atom. The minimum Gasteiger partial charge on any atom is -0.477 e. The molecule has 2 aliphatic rings. The fraction of sp³-hybridized carbons (Fsp3) is 0.333. The maximum absolute atomic E-state index is 13.1. The van der Waals surface area contributed by atoms with E-state index in [2.05, 4.69) is 26.3 Å². The molecular formula is C21H23N8O5S2+. The summed E-state index contributed by atoms with van der Waals surface area (Å²) in [4.78, 5) is 48.2. The second kappa shape index (κ2) is 10.4. The van der Waals surface area contributed by atoms with E-state index in [-0.39, 0.29) is 35.3 Å². The van der Waals surface area contributed by atoms with Gasteiger partial charge in [-0.05, 0) is 6.92 Å². The van der Waals surface area contributed by atoms with Gasteiger partial charge in [0.25, 0.3) is 0 Å². The highest BCUT2D eigenvalue weighted by molar-refractivity contribution is 8.00. The summed E-state index contributed by atoms with van der Waals surface area (Å²) >= 11 is 2.31. The lowest BCUT2D eigenvalue weighted by Crippen LogP contribution is -2.62. The summed E-state index contributed by atoms with van der Waals surface area (Å²) in [5.41, 5.74) is 5.98. The van der Waals surface area contributed by atoms with Crippen molar-refractivity contribution in [2.45, 2.75) is 25.3 Å². The largest absolute Gasteiger partial charge is 0.477 e. The molecule has 188 valence electrons. The SMILES string of the molecule is C=Nn1cc[n+](CC2=C(C(=O)O)N3C(=O)C(CC(=O)C(=NOC)c4nsc(N)n4)C3SC2)c1C=CC. The number of carboxylic acid groups (broad SMARTS) is 1. The van der Waals surface area contributed by atoms with Gasteiger partial charge in [-0.3, -0.25) is 14.5 Å². The third kappa shape index (κ3) is 4.54. The summed E-state index contributed by atoms with van der Waals surface area (Å²) in [6.07, 6.45) is 6.95. The summed E-state index contributed by atoms with van der Waals surface area (Å²) < 4.78 is 7.39. The van der Waals surface area contributed by atoms with Gasteiger partial charge in [-0.1, -0.05) is 16.3 Å². The molecule has 1 amide bonds. The number of β-lactam (4-membered cyclic amide) rings is 1. The van der Waals surface area contributed by atoms with Crippen LogP contribution < -0.4 is 10.3 Å². The van der Waals surface area contributed by atoms with Crippen molar-refractivity contribution in [3.05, 3.63) is 41.4 Å². The average molecular weight is 532 g/mol. The Hall–Kier alpha value is -3.85.